The molecule has 96 valence electrons. The molecule has 0 aromatic carbocycles. The number of carbonyl (C=O) groups is 2. The van der Waals surface area contributed by atoms with E-state index in [1.54, 1.807) is 6.07 Å². The molecule has 0 spiro atoms. The minimum absolute atomic E-state index is 0.0160. The minimum atomic E-state index is -0.501. The predicted octanol–water partition coefficient (Wildman–Crippen LogP) is 1.92. The number of nitrogens with zero attached hydrogens (tertiary/aromatic N) is 1. The fraction of sp³-hybridized carbons (Fsp3) is 0.462. The zero-order chi connectivity index (χ0) is 13.3. The molecule has 1 aromatic heterocycles. The zero-order valence-corrected chi connectivity index (χ0v) is 10.6. The molecule has 1 aliphatic heterocycles. The molecule has 1 aromatic rings. The quantitative estimate of drug-likeness (QED) is 0.749. The summed E-state index contributed by atoms with van der Waals surface area (Å²) in [6.45, 7) is 3.83. The van der Waals surface area contributed by atoms with Crippen LogP contribution in [0.4, 0.5) is 0 Å². The molecule has 18 heavy (non-hydrogen) atoms. The van der Waals surface area contributed by atoms with Crippen molar-refractivity contribution in [3.63, 3.8) is 0 Å². The summed E-state index contributed by atoms with van der Waals surface area (Å²) in [6, 6.07) is 3.06. The van der Waals surface area contributed by atoms with E-state index in [0.29, 0.717) is 11.3 Å². The van der Waals surface area contributed by atoms with E-state index in [2.05, 4.69) is 9.72 Å². The fourth-order valence-corrected chi connectivity index (χ4v) is 2.21. The molecule has 0 N–H and O–H groups in total. The van der Waals surface area contributed by atoms with Crippen LogP contribution in [-0.2, 0) is 9.47 Å². The average molecular weight is 249 g/mol. The van der Waals surface area contributed by atoms with E-state index in [9.17, 15) is 9.59 Å². The molecule has 2 atom stereocenters. The van der Waals surface area contributed by atoms with Crippen molar-refractivity contribution in [3.8, 4) is 0 Å². The molecular weight excluding hydrogens is 234 g/mol. The summed E-state index contributed by atoms with van der Waals surface area (Å²) in [6.07, 6.45) is 0.564. The van der Waals surface area contributed by atoms with E-state index in [0.717, 1.165) is 6.42 Å². The third-order valence-corrected chi connectivity index (χ3v) is 3.19. The maximum absolute atomic E-state index is 11.7. The van der Waals surface area contributed by atoms with Crippen LogP contribution in [0.25, 0.3) is 0 Å². The van der Waals surface area contributed by atoms with Crippen molar-refractivity contribution < 1.29 is 19.1 Å². The monoisotopic (exact) mass is 249 g/mol. The lowest BCUT2D eigenvalue weighted by Gasteiger charge is -2.29. The standard InChI is InChI=1S/C13H15NO4/c1-4-8-7(2)18-12(15)9-5-6-10(13(16)17-3)14-11(8)9/h5-8H,4H2,1-3H3. The van der Waals surface area contributed by atoms with Gasteiger partial charge in [0.05, 0.1) is 18.4 Å². The lowest BCUT2D eigenvalue weighted by molar-refractivity contribution is 0.0212. The number of cyclic esters (lactones) is 1. The van der Waals surface area contributed by atoms with Crippen LogP contribution in [0, 0.1) is 0 Å². The molecule has 2 rings (SSSR count). The number of hydrogen-bond donors (Lipinski definition) is 0. The van der Waals surface area contributed by atoms with Crippen LogP contribution in [0.15, 0.2) is 12.1 Å². The van der Waals surface area contributed by atoms with E-state index in [-0.39, 0.29) is 23.7 Å². The lowest BCUT2D eigenvalue weighted by Crippen LogP contribution is -2.31. The summed E-state index contributed by atoms with van der Waals surface area (Å²) in [5.74, 6) is -0.868. The largest absolute Gasteiger partial charge is 0.464 e. The Balaban J connectivity index is 2.51. The van der Waals surface area contributed by atoms with Gasteiger partial charge in [0.2, 0.25) is 0 Å². The van der Waals surface area contributed by atoms with E-state index in [1.807, 2.05) is 13.8 Å². The third-order valence-electron chi connectivity index (χ3n) is 3.19. The summed E-state index contributed by atoms with van der Waals surface area (Å²) in [7, 11) is 1.30. The number of fused-ring (bicyclic) bond motifs is 1. The van der Waals surface area contributed by atoms with Crippen LogP contribution < -0.4 is 0 Å². The van der Waals surface area contributed by atoms with Crippen LogP contribution in [0.3, 0.4) is 0 Å². The van der Waals surface area contributed by atoms with Gasteiger partial charge in [0.25, 0.3) is 0 Å². The van der Waals surface area contributed by atoms with Gasteiger partial charge in [0.1, 0.15) is 11.8 Å². The topological polar surface area (TPSA) is 65.5 Å². The molecular formula is C13H15NO4. The second kappa shape index (κ2) is 4.76. The molecule has 0 amide bonds. The Bertz CT molecular complexity index is 498. The zero-order valence-electron chi connectivity index (χ0n) is 10.6. The van der Waals surface area contributed by atoms with E-state index < -0.39 is 5.97 Å². The summed E-state index contributed by atoms with van der Waals surface area (Å²) in [5.41, 5.74) is 1.29. The van der Waals surface area contributed by atoms with Gasteiger partial charge in [-0.1, -0.05) is 6.92 Å². The summed E-state index contributed by atoms with van der Waals surface area (Å²) < 4.78 is 9.88. The maximum atomic E-state index is 11.7. The minimum Gasteiger partial charge on any atom is -0.464 e. The highest BCUT2D eigenvalue weighted by atomic mass is 16.5. The van der Waals surface area contributed by atoms with Crippen LogP contribution in [0.2, 0.25) is 0 Å². The number of aromatic nitrogens is 1. The van der Waals surface area contributed by atoms with Crippen molar-refractivity contribution in [2.45, 2.75) is 32.3 Å². The Morgan fingerprint density at radius 1 is 1.50 bits per heavy atom. The number of pyridine rings is 1. The highest BCUT2D eigenvalue weighted by Crippen LogP contribution is 2.32. The number of carbonyl (C=O) groups excluding carboxylic acids is 2. The van der Waals surface area contributed by atoms with Crippen molar-refractivity contribution >= 4 is 11.9 Å². The molecule has 5 heteroatoms. The molecule has 5 nitrogen and oxygen atoms in total. The summed E-state index contributed by atoms with van der Waals surface area (Å²) in [4.78, 5) is 27.4. The number of hydrogen-bond acceptors (Lipinski definition) is 5. The van der Waals surface area contributed by atoms with Crippen molar-refractivity contribution in [3.05, 3.63) is 29.1 Å². The first-order valence-electron chi connectivity index (χ1n) is 5.88. The Hall–Kier alpha value is -1.91. The van der Waals surface area contributed by atoms with Crippen molar-refractivity contribution in [2.75, 3.05) is 7.11 Å². The van der Waals surface area contributed by atoms with E-state index in [4.69, 9.17) is 4.74 Å². The van der Waals surface area contributed by atoms with Gasteiger partial charge >= 0.3 is 11.9 Å². The molecule has 0 saturated carbocycles. The fourth-order valence-electron chi connectivity index (χ4n) is 2.21. The van der Waals surface area contributed by atoms with Crippen LogP contribution >= 0.6 is 0 Å². The Morgan fingerprint density at radius 3 is 2.83 bits per heavy atom. The van der Waals surface area contributed by atoms with E-state index in [1.165, 1.54) is 13.2 Å². The van der Waals surface area contributed by atoms with E-state index >= 15 is 0 Å². The molecule has 0 bridgehead atoms. The SMILES string of the molecule is CCC1c2nc(C(=O)OC)ccc2C(=O)OC1C. The van der Waals surface area contributed by atoms with Crippen LogP contribution in [0.5, 0.6) is 0 Å². The number of esters is 2. The van der Waals surface area contributed by atoms with Gasteiger partial charge in [-0.25, -0.2) is 14.6 Å². The highest BCUT2D eigenvalue weighted by molar-refractivity contribution is 5.94. The normalized spacial score (nSPS) is 22.1. The average Bonchev–Trinajstić information content (AvgIpc) is 2.37. The van der Waals surface area contributed by atoms with Gasteiger partial charge in [-0.3, -0.25) is 0 Å². The maximum Gasteiger partial charge on any atom is 0.356 e. The first-order valence-corrected chi connectivity index (χ1v) is 5.88. The van der Waals surface area contributed by atoms with Crippen molar-refractivity contribution in [1.29, 1.82) is 0 Å². The Morgan fingerprint density at radius 2 is 2.22 bits per heavy atom. The summed E-state index contributed by atoms with van der Waals surface area (Å²) in [5, 5.41) is 0. The second-order valence-electron chi connectivity index (χ2n) is 4.25. The molecule has 2 unspecified atom stereocenters. The molecule has 0 fully saturated rings. The Kier molecular flexibility index (Phi) is 3.32. The molecule has 2 heterocycles. The summed E-state index contributed by atoms with van der Waals surface area (Å²) >= 11 is 0. The molecule has 0 saturated heterocycles. The second-order valence-corrected chi connectivity index (χ2v) is 4.25. The first kappa shape index (κ1) is 12.5. The van der Waals surface area contributed by atoms with Gasteiger partial charge in [-0.2, -0.15) is 0 Å². The molecule has 0 aliphatic carbocycles. The van der Waals surface area contributed by atoms with Gasteiger partial charge in [-0.15, -0.1) is 0 Å². The lowest BCUT2D eigenvalue weighted by atomic mass is 9.90. The number of methoxy groups -OCH3 is 1. The van der Waals surface area contributed by atoms with Crippen molar-refractivity contribution in [1.82, 2.24) is 4.98 Å². The van der Waals surface area contributed by atoms with Crippen molar-refractivity contribution in [2.24, 2.45) is 0 Å². The van der Waals surface area contributed by atoms with Gasteiger partial charge < -0.3 is 9.47 Å². The predicted molar refractivity (Wildman–Crippen MR) is 63.5 cm³/mol. The van der Waals surface area contributed by atoms with Crippen LogP contribution in [-0.4, -0.2) is 30.1 Å². The van der Waals surface area contributed by atoms with Gasteiger partial charge in [-0.05, 0) is 25.5 Å². The smallest absolute Gasteiger partial charge is 0.356 e. The number of ether oxygens (including phenoxy) is 2. The Labute approximate surface area is 105 Å². The van der Waals surface area contributed by atoms with Gasteiger partial charge in [0, 0.05) is 5.92 Å². The highest BCUT2D eigenvalue weighted by Gasteiger charge is 2.33. The molecule has 1 aliphatic rings. The number of rotatable bonds is 2. The van der Waals surface area contributed by atoms with Gasteiger partial charge in [0.15, 0.2) is 0 Å². The third kappa shape index (κ3) is 1.96. The van der Waals surface area contributed by atoms with Crippen LogP contribution in [0.1, 0.15) is 52.7 Å². The molecule has 0 radical (unpaired) electrons. The first-order chi connectivity index (χ1) is 8.58.